The molecular formula is C24H19F2N3O4S. The van der Waals surface area contributed by atoms with Crippen LogP contribution in [0.5, 0.6) is 0 Å². The number of rotatable bonds is 7. The number of halogens is 2. The third-order valence-electron chi connectivity index (χ3n) is 5.25. The lowest BCUT2D eigenvalue weighted by atomic mass is 9.89. The number of nitrogens with zero attached hydrogens (tertiary/aromatic N) is 2. The number of sulfonamides is 1. The maximum absolute atomic E-state index is 13.8. The van der Waals surface area contributed by atoms with Crippen LogP contribution in [0.2, 0.25) is 0 Å². The second-order valence-electron chi connectivity index (χ2n) is 7.77. The highest BCUT2D eigenvalue weighted by molar-refractivity contribution is 7.89. The van der Waals surface area contributed by atoms with E-state index in [-0.39, 0.29) is 21.8 Å². The molecule has 7 nitrogen and oxygen atoms in total. The van der Waals surface area contributed by atoms with E-state index in [0.717, 1.165) is 22.5 Å². The van der Waals surface area contributed by atoms with E-state index in [1.54, 1.807) is 24.3 Å². The van der Waals surface area contributed by atoms with Gasteiger partial charge in [-0.1, -0.05) is 24.3 Å². The monoisotopic (exact) mass is 483 g/mol. The Kier molecular flexibility index (Phi) is 6.11. The summed E-state index contributed by atoms with van der Waals surface area (Å²) in [5, 5.41) is 0. The minimum Gasteiger partial charge on any atom is -0.341 e. The van der Waals surface area contributed by atoms with Gasteiger partial charge in [0.15, 0.2) is 11.6 Å². The molecule has 0 spiro atoms. The van der Waals surface area contributed by atoms with Gasteiger partial charge < -0.3 is 4.98 Å². The van der Waals surface area contributed by atoms with Crippen LogP contribution in [0.15, 0.2) is 71.6 Å². The fraction of sp³-hybridized carbons (Fsp3) is 0.125. The Hall–Kier alpha value is -3.76. The molecule has 0 radical (unpaired) electrons. The summed E-state index contributed by atoms with van der Waals surface area (Å²) < 4.78 is 53.7. The molecule has 0 fully saturated rings. The molecule has 0 bridgehead atoms. The number of hydrogen-bond donors (Lipinski definition) is 1. The molecule has 0 aliphatic rings. The van der Waals surface area contributed by atoms with E-state index in [9.17, 15) is 26.8 Å². The lowest BCUT2D eigenvalue weighted by Gasteiger charge is -2.15. The number of carbonyl (C=O) groups is 2. The molecule has 0 saturated carbocycles. The molecule has 4 aromatic rings. The largest absolute Gasteiger partial charge is 0.341 e. The number of imidazole rings is 1. The molecule has 10 heteroatoms. The zero-order valence-electron chi connectivity index (χ0n) is 18.1. The molecule has 3 aromatic carbocycles. The van der Waals surface area contributed by atoms with Crippen molar-refractivity contribution in [2.75, 3.05) is 14.1 Å². The molecule has 34 heavy (non-hydrogen) atoms. The molecule has 0 aliphatic carbocycles. The Morgan fingerprint density at radius 2 is 1.53 bits per heavy atom. The number of aromatic amines is 1. The molecule has 1 aromatic heterocycles. The number of benzene rings is 3. The van der Waals surface area contributed by atoms with Crippen LogP contribution in [0.4, 0.5) is 8.78 Å². The number of carbonyl (C=O) groups excluding carboxylic acids is 2. The van der Waals surface area contributed by atoms with Gasteiger partial charge in [-0.25, -0.2) is 26.5 Å². The van der Waals surface area contributed by atoms with Gasteiger partial charge in [-0.15, -0.1) is 0 Å². The Balaban J connectivity index is 1.86. The predicted molar refractivity (Wildman–Crippen MR) is 121 cm³/mol. The number of hydrogen-bond acceptors (Lipinski definition) is 5. The van der Waals surface area contributed by atoms with E-state index in [1.165, 1.54) is 32.3 Å². The van der Waals surface area contributed by atoms with Gasteiger partial charge in [0, 0.05) is 31.3 Å². The number of ketones is 2. The van der Waals surface area contributed by atoms with Crippen molar-refractivity contribution in [2.24, 2.45) is 0 Å². The number of para-hydroxylation sites is 2. The number of aromatic nitrogens is 2. The molecule has 0 amide bonds. The van der Waals surface area contributed by atoms with Crippen molar-refractivity contribution >= 4 is 32.6 Å². The van der Waals surface area contributed by atoms with E-state index in [1.807, 2.05) is 0 Å². The average molecular weight is 483 g/mol. The third kappa shape index (κ3) is 4.37. The molecular weight excluding hydrogens is 464 g/mol. The molecule has 1 heterocycles. The quantitative estimate of drug-likeness (QED) is 0.317. The Bertz CT molecular complexity index is 1480. The standard InChI is InChI=1S/C24H19F2N3O4S/c1-29(2)34(32,33)18-7-5-6-14(12-18)22(30)21(23(31)15-10-16(25)13-17(26)11-15)24-27-19-8-3-4-9-20(19)28-24/h3-13,21H,1-2H3,(H,27,28). The fourth-order valence-corrected chi connectivity index (χ4v) is 4.47. The predicted octanol–water partition coefficient (Wildman–Crippen LogP) is 3.94. The van der Waals surface area contributed by atoms with Crippen molar-refractivity contribution in [1.29, 1.82) is 0 Å². The summed E-state index contributed by atoms with van der Waals surface area (Å²) in [4.78, 5) is 34.1. The van der Waals surface area contributed by atoms with Gasteiger partial charge in [-0.05, 0) is 36.4 Å². The first kappa shape index (κ1) is 23.4. The van der Waals surface area contributed by atoms with Crippen LogP contribution in [0, 0.1) is 11.6 Å². The highest BCUT2D eigenvalue weighted by Gasteiger charge is 2.34. The molecule has 4 rings (SSSR count). The zero-order valence-corrected chi connectivity index (χ0v) is 18.9. The second kappa shape index (κ2) is 8.88. The first-order chi connectivity index (χ1) is 16.1. The summed E-state index contributed by atoms with van der Waals surface area (Å²) in [6.45, 7) is 0. The Labute approximate surface area is 194 Å². The summed E-state index contributed by atoms with van der Waals surface area (Å²) in [6, 6.07) is 14.4. The van der Waals surface area contributed by atoms with Gasteiger partial charge in [0.2, 0.25) is 10.0 Å². The first-order valence-electron chi connectivity index (χ1n) is 10.1. The lowest BCUT2D eigenvalue weighted by molar-refractivity contribution is 0.0855. The molecule has 0 aliphatic heterocycles. The van der Waals surface area contributed by atoms with Crippen molar-refractivity contribution in [3.8, 4) is 0 Å². The van der Waals surface area contributed by atoms with Crippen LogP contribution in [-0.2, 0) is 10.0 Å². The van der Waals surface area contributed by atoms with Crippen LogP contribution in [0.3, 0.4) is 0 Å². The topological polar surface area (TPSA) is 100 Å². The number of nitrogens with one attached hydrogen (secondary N) is 1. The van der Waals surface area contributed by atoms with Crippen LogP contribution in [0.1, 0.15) is 32.5 Å². The average Bonchev–Trinajstić information content (AvgIpc) is 3.22. The van der Waals surface area contributed by atoms with Crippen LogP contribution in [-0.4, -0.2) is 48.4 Å². The molecule has 1 N–H and O–H groups in total. The molecule has 0 saturated heterocycles. The summed E-state index contributed by atoms with van der Waals surface area (Å²) in [5.74, 6) is -5.23. The first-order valence-corrected chi connectivity index (χ1v) is 11.5. The number of Topliss-reactive ketones (excluding diaryl/α,β-unsaturated/α-hetero) is 2. The van der Waals surface area contributed by atoms with Gasteiger partial charge in [-0.3, -0.25) is 9.59 Å². The van der Waals surface area contributed by atoms with Gasteiger partial charge in [-0.2, -0.15) is 0 Å². The van der Waals surface area contributed by atoms with Crippen LogP contribution >= 0.6 is 0 Å². The summed E-state index contributed by atoms with van der Waals surface area (Å²) in [7, 11) is -1.15. The van der Waals surface area contributed by atoms with Gasteiger partial charge in [0.25, 0.3) is 0 Å². The normalized spacial score (nSPS) is 12.7. The van der Waals surface area contributed by atoms with E-state index < -0.39 is 39.1 Å². The lowest BCUT2D eigenvalue weighted by Crippen LogP contribution is -2.25. The van der Waals surface area contributed by atoms with Gasteiger partial charge in [0.1, 0.15) is 23.4 Å². The van der Waals surface area contributed by atoms with Gasteiger partial charge >= 0.3 is 0 Å². The van der Waals surface area contributed by atoms with E-state index in [2.05, 4.69) is 9.97 Å². The Morgan fingerprint density at radius 3 is 2.18 bits per heavy atom. The maximum Gasteiger partial charge on any atom is 0.242 e. The third-order valence-corrected chi connectivity index (χ3v) is 7.06. The highest BCUT2D eigenvalue weighted by atomic mass is 32.2. The fourth-order valence-electron chi connectivity index (χ4n) is 3.53. The highest BCUT2D eigenvalue weighted by Crippen LogP contribution is 2.28. The number of H-pyrrole nitrogens is 1. The van der Waals surface area contributed by atoms with E-state index >= 15 is 0 Å². The molecule has 174 valence electrons. The van der Waals surface area contributed by atoms with Crippen LogP contribution < -0.4 is 0 Å². The summed E-state index contributed by atoms with van der Waals surface area (Å²) in [5.41, 5.74) is 0.613. The molecule has 1 atom stereocenters. The van der Waals surface area contributed by atoms with Crippen molar-refractivity contribution in [1.82, 2.24) is 14.3 Å². The molecule has 1 unspecified atom stereocenters. The summed E-state index contributed by atoms with van der Waals surface area (Å²) >= 11 is 0. The minimum absolute atomic E-state index is 0.0262. The zero-order chi connectivity index (χ0) is 24.6. The van der Waals surface area contributed by atoms with E-state index in [0.29, 0.717) is 17.1 Å². The van der Waals surface area contributed by atoms with Crippen molar-refractivity contribution in [2.45, 2.75) is 10.8 Å². The smallest absolute Gasteiger partial charge is 0.242 e. The summed E-state index contributed by atoms with van der Waals surface area (Å²) in [6.07, 6.45) is 0. The van der Waals surface area contributed by atoms with Crippen molar-refractivity contribution < 1.29 is 26.8 Å². The SMILES string of the molecule is CN(C)S(=O)(=O)c1cccc(C(=O)C(C(=O)c2cc(F)cc(F)c2)c2nc3ccccc3[nH]2)c1. The van der Waals surface area contributed by atoms with Gasteiger partial charge in [0.05, 0.1) is 15.9 Å². The van der Waals surface area contributed by atoms with E-state index in [4.69, 9.17) is 0 Å². The van der Waals surface area contributed by atoms with Crippen molar-refractivity contribution in [3.63, 3.8) is 0 Å². The minimum atomic E-state index is -3.85. The maximum atomic E-state index is 13.8. The second-order valence-corrected chi connectivity index (χ2v) is 9.93. The number of fused-ring (bicyclic) bond motifs is 1. The van der Waals surface area contributed by atoms with Crippen molar-refractivity contribution in [3.05, 3.63) is 95.3 Å². The Morgan fingerprint density at radius 1 is 0.882 bits per heavy atom. The van der Waals surface area contributed by atoms with Crippen LogP contribution in [0.25, 0.3) is 11.0 Å².